The van der Waals surface area contributed by atoms with Crippen molar-refractivity contribution in [3.05, 3.63) is 54.1 Å². The Bertz CT molecular complexity index is 428. The number of benzene rings is 1. The van der Waals surface area contributed by atoms with Gasteiger partial charge in [-0.15, -0.1) is 11.6 Å². The van der Waals surface area contributed by atoms with Crippen molar-refractivity contribution < 1.29 is 10.0 Å². The second kappa shape index (κ2) is 4.46. The molecule has 0 saturated heterocycles. The van der Waals surface area contributed by atoms with Crippen LogP contribution in [0.15, 0.2) is 48.6 Å². The quantitative estimate of drug-likeness (QED) is 0.607. The van der Waals surface area contributed by atoms with Crippen LogP contribution in [-0.4, -0.2) is 21.9 Å². The van der Waals surface area contributed by atoms with Gasteiger partial charge in [-0.25, -0.2) is 0 Å². The Balaban J connectivity index is 2.27. The fourth-order valence-corrected chi connectivity index (χ4v) is 1.98. The smallest absolute Gasteiger partial charge is 0.426 e. The zero-order valence-electron chi connectivity index (χ0n) is 8.68. The zero-order chi connectivity index (χ0) is 11.6. The van der Waals surface area contributed by atoms with Crippen molar-refractivity contribution in [2.45, 2.75) is 11.2 Å². The van der Waals surface area contributed by atoms with E-state index in [9.17, 15) is 10.0 Å². The molecule has 0 aliphatic heterocycles. The summed E-state index contributed by atoms with van der Waals surface area (Å²) in [5.41, 5.74) is 2.06. The molecule has 1 aromatic rings. The van der Waals surface area contributed by atoms with Crippen LogP contribution in [0.4, 0.5) is 0 Å². The number of halogens is 1. The normalized spacial score (nSPS) is 24.1. The van der Waals surface area contributed by atoms with Gasteiger partial charge in [0.25, 0.3) is 0 Å². The fraction of sp³-hybridized carbons (Fsp3) is 0.167. The van der Waals surface area contributed by atoms with Crippen LogP contribution in [0.1, 0.15) is 12.0 Å². The number of hydrogen-bond acceptors (Lipinski definition) is 2. The first-order valence-corrected chi connectivity index (χ1v) is 5.48. The van der Waals surface area contributed by atoms with Crippen molar-refractivity contribution in [3.8, 4) is 0 Å². The van der Waals surface area contributed by atoms with Crippen molar-refractivity contribution >= 4 is 24.3 Å². The molecule has 1 aromatic carbocycles. The van der Waals surface area contributed by atoms with E-state index in [1.807, 2.05) is 36.4 Å². The third-order valence-corrected chi connectivity index (χ3v) is 3.16. The molecule has 0 radical (unpaired) electrons. The van der Waals surface area contributed by atoms with Crippen LogP contribution in [0.2, 0.25) is 0 Å². The Morgan fingerprint density at radius 2 is 1.88 bits per heavy atom. The largest absolute Gasteiger partial charge is 0.478 e. The molecule has 1 aliphatic rings. The summed E-state index contributed by atoms with van der Waals surface area (Å²) in [6.07, 6.45) is 5.73. The number of hydrogen-bond donors (Lipinski definition) is 2. The van der Waals surface area contributed by atoms with Crippen molar-refractivity contribution in [3.63, 3.8) is 0 Å². The van der Waals surface area contributed by atoms with Crippen LogP contribution < -0.4 is 0 Å². The van der Waals surface area contributed by atoms with E-state index >= 15 is 0 Å². The van der Waals surface area contributed by atoms with Crippen LogP contribution in [0.3, 0.4) is 0 Å². The monoisotopic (exact) mass is 234 g/mol. The average molecular weight is 234 g/mol. The summed E-state index contributed by atoms with van der Waals surface area (Å²) >= 11 is 6.13. The van der Waals surface area contributed by atoms with Gasteiger partial charge >= 0.3 is 7.12 Å². The van der Waals surface area contributed by atoms with Crippen LogP contribution >= 0.6 is 11.6 Å². The van der Waals surface area contributed by atoms with Crippen LogP contribution in [0.5, 0.6) is 0 Å². The maximum absolute atomic E-state index is 9.25. The van der Waals surface area contributed by atoms with Gasteiger partial charge in [0, 0.05) is 0 Å². The average Bonchev–Trinajstić information content (AvgIpc) is 2.30. The number of rotatable bonds is 2. The molecule has 2 rings (SSSR count). The van der Waals surface area contributed by atoms with Gasteiger partial charge < -0.3 is 10.0 Å². The van der Waals surface area contributed by atoms with E-state index < -0.39 is 11.9 Å². The first-order chi connectivity index (χ1) is 7.62. The molecule has 0 heterocycles. The highest BCUT2D eigenvalue weighted by Gasteiger charge is 2.39. The van der Waals surface area contributed by atoms with Gasteiger partial charge in [0.2, 0.25) is 0 Å². The summed E-state index contributed by atoms with van der Waals surface area (Å²) in [6.45, 7) is 0. The first-order valence-electron chi connectivity index (χ1n) is 5.11. The predicted octanol–water partition coefficient (Wildman–Crippen LogP) is 2.02. The van der Waals surface area contributed by atoms with E-state index in [1.165, 1.54) is 0 Å². The van der Waals surface area contributed by atoms with Crippen LogP contribution in [-0.2, 0) is 0 Å². The molecule has 1 atom stereocenters. The Morgan fingerprint density at radius 3 is 2.50 bits per heavy atom. The lowest BCUT2D eigenvalue weighted by molar-refractivity contribution is 0.388. The lowest BCUT2D eigenvalue weighted by atomic mass is 9.66. The Labute approximate surface area is 100 Å². The standard InChI is InChI=1S/C12H12BClO2/c14-12(13(15)16)8-4-7-11(9-12)10-5-2-1-3-6-10/h1-8,15-16H,9H2. The topological polar surface area (TPSA) is 40.5 Å². The summed E-state index contributed by atoms with van der Waals surface area (Å²) < 4.78 is -1.11. The molecule has 0 aromatic heterocycles. The molecule has 4 heteroatoms. The second-order valence-corrected chi connectivity index (χ2v) is 4.60. The molecule has 0 bridgehead atoms. The van der Waals surface area contributed by atoms with Gasteiger partial charge in [0.05, 0.1) is 0 Å². The maximum atomic E-state index is 9.25. The molecule has 0 saturated carbocycles. The highest BCUT2D eigenvalue weighted by Crippen LogP contribution is 2.35. The van der Waals surface area contributed by atoms with E-state index in [0.29, 0.717) is 6.42 Å². The minimum atomic E-state index is -1.56. The molecular formula is C12H12BClO2. The minimum Gasteiger partial charge on any atom is -0.426 e. The highest BCUT2D eigenvalue weighted by molar-refractivity contribution is 6.62. The van der Waals surface area contributed by atoms with Crippen molar-refractivity contribution in [1.29, 1.82) is 0 Å². The summed E-state index contributed by atoms with van der Waals surface area (Å²) in [7, 11) is -1.56. The number of allylic oxidation sites excluding steroid dienone is 4. The van der Waals surface area contributed by atoms with Gasteiger partial charge in [-0.2, -0.15) is 0 Å². The minimum absolute atomic E-state index is 0.409. The molecule has 1 unspecified atom stereocenters. The van der Waals surface area contributed by atoms with E-state index in [2.05, 4.69) is 0 Å². The lowest BCUT2D eigenvalue weighted by Crippen LogP contribution is -2.40. The molecule has 0 fully saturated rings. The van der Waals surface area contributed by atoms with Gasteiger partial charge in [-0.1, -0.05) is 48.6 Å². The van der Waals surface area contributed by atoms with Gasteiger partial charge in [-0.05, 0) is 17.6 Å². The maximum Gasteiger partial charge on any atom is 0.478 e. The molecule has 16 heavy (non-hydrogen) atoms. The van der Waals surface area contributed by atoms with Gasteiger partial charge in [0.15, 0.2) is 0 Å². The first kappa shape index (κ1) is 11.5. The Hall–Kier alpha value is -1.03. The molecule has 82 valence electrons. The fourth-order valence-electron chi connectivity index (χ4n) is 1.76. The second-order valence-electron chi connectivity index (χ2n) is 3.89. The van der Waals surface area contributed by atoms with Gasteiger partial charge in [0.1, 0.15) is 4.77 Å². The lowest BCUT2D eigenvalue weighted by Gasteiger charge is -2.26. The molecule has 0 spiro atoms. The van der Waals surface area contributed by atoms with Gasteiger partial charge in [-0.3, -0.25) is 0 Å². The van der Waals surface area contributed by atoms with Crippen LogP contribution in [0, 0.1) is 0 Å². The molecule has 2 nitrogen and oxygen atoms in total. The Kier molecular flexibility index (Phi) is 3.19. The van der Waals surface area contributed by atoms with Crippen molar-refractivity contribution in [2.75, 3.05) is 0 Å². The SMILES string of the molecule is OB(O)C1(Cl)C=CC=C(c2ccccc2)C1. The third-order valence-electron chi connectivity index (χ3n) is 2.71. The predicted molar refractivity (Wildman–Crippen MR) is 67.0 cm³/mol. The van der Waals surface area contributed by atoms with Crippen LogP contribution in [0.25, 0.3) is 5.57 Å². The van der Waals surface area contributed by atoms with E-state index in [1.54, 1.807) is 12.2 Å². The summed E-state index contributed by atoms with van der Waals surface area (Å²) in [6, 6.07) is 9.79. The zero-order valence-corrected chi connectivity index (χ0v) is 9.43. The third kappa shape index (κ3) is 2.22. The number of alkyl halides is 1. The van der Waals surface area contributed by atoms with Crippen molar-refractivity contribution in [2.24, 2.45) is 0 Å². The molecule has 2 N–H and O–H groups in total. The Morgan fingerprint density at radius 1 is 1.19 bits per heavy atom. The molecule has 1 aliphatic carbocycles. The summed E-state index contributed by atoms with van der Waals surface area (Å²) in [5.74, 6) is 0. The highest BCUT2D eigenvalue weighted by atomic mass is 35.5. The summed E-state index contributed by atoms with van der Waals surface area (Å²) in [4.78, 5) is 0. The van der Waals surface area contributed by atoms with E-state index in [-0.39, 0.29) is 0 Å². The van der Waals surface area contributed by atoms with E-state index in [4.69, 9.17) is 11.6 Å². The molecular weight excluding hydrogens is 222 g/mol. The van der Waals surface area contributed by atoms with E-state index in [0.717, 1.165) is 11.1 Å². The molecule has 0 amide bonds. The summed E-state index contributed by atoms with van der Waals surface area (Å²) in [5, 5.41) is 18.5. The van der Waals surface area contributed by atoms with Crippen molar-refractivity contribution in [1.82, 2.24) is 0 Å².